The van der Waals surface area contributed by atoms with E-state index in [1.54, 1.807) is 0 Å². The second-order valence-electron chi connectivity index (χ2n) is 9.69. The normalized spacial score (nSPS) is 31.5. The molecule has 3 saturated heterocycles. The number of carbonyl (C=O) groups is 1. The Hall–Kier alpha value is -1.91. The number of carbonyl (C=O) groups excluding carboxylic acids is 1. The minimum Gasteiger partial charge on any atom is -0.457 e. The van der Waals surface area contributed by atoms with Crippen LogP contribution in [0.5, 0.6) is 0 Å². The summed E-state index contributed by atoms with van der Waals surface area (Å²) in [6.07, 6.45) is -2.24. The molecule has 0 radical (unpaired) electrons. The SMILES string of the molecule is CC(=O)O[C@H]1[C@@H](O)[C@@H](O[C@@H](/C=N/N2CCCCC2)[C@@H](CO)O[C@H](O)/C=N\N2CCCCC2)O[C@@H](CO)[C@H]1O. The molecule has 8 atom stereocenters. The molecule has 0 spiro atoms. The minimum atomic E-state index is -1.63. The van der Waals surface area contributed by atoms with E-state index in [2.05, 4.69) is 10.2 Å². The van der Waals surface area contributed by atoms with Gasteiger partial charge >= 0.3 is 5.97 Å². The van der Waals surface area contributed by atoms with Crippen LogP contribution in [0.15, 0.2) is 10.2 Å². The lowest BCUT2D eigenvalue weighted by molar-refractivity contribution is -0.315. The average Bonchev–Trinajstić information content (AvgIpc) is 2.93. The fraction of sp³-hybridized carbons (Fsp3) is 0.875. The Balaban J connectivity index is 1.75. The van der Waals surface area contributed by atoms with Gasteiger partial charge in [-0.25, -0.2) is 0 Å². The molecule has 3 heterocycles. The number of ether oxygens (including phenoxy) is 4. The van der Waals surface area contributed by atoms with E-state index in [0.717, 1.165) is 71.6 Å². The highest BCUT2D eigenvalue weighted by Gasteiger charge is 2.48. The van der Waals surface area contributed by atoms with Gasteiger partial charge in [-0.05, 0) is 38.5 Å². The van der Waals surface area contributed by atoms with E-state index in [4.69, 9.17) is 18.9 Å². The van der Waals surface area contributed by atoms with Gasteiger partial charge in [0.1, 0.15) is 30.5 Å². The van der Waals surface area contributed by atoms with Crippen molar-refractivity contribution < 1.29 is 49.3 Å². The Labute approximate surface area is 222 Å². The number of rotatable bonds is 12. The molecule has 0 aromatic heterocycles. The Kier molecular flexibility index (Phi) is 12.6. The van der Waals surface area contributed by atoms with Crippen LogP contribution in [-0.4, -0.2) is 143 Å². The first-order valence-electron chi connectivity index (χ1n) is 13.3. The monoisotopic (exact) mass is 546 g/mol. The van der Waals surface area contributed by atoms with Crippen LogP contribution in [0.25, 0.3) is 0 Å². The van der Waals surface area contributed by atoms with Gasteiger partial charge in [0, 0.05) is 33.1 Å². The molecular formula is C24H42N4O10. The molecule has 0 amide bonds. The van der Waals surface area contributed by atoms with Crippen LogP contribution in [0.2, 0.25) is 0 Å². The molecule has 3 aliphatic heterocycles. The number of hydrogen-bond acceptors (Lipinski definition) is 14. The first kappa shape index (κ1) is 30.6. The lowest BCUT2D eigenvalue weighted by atomic mass is 9.99. The van der Waals surface area contributed by atoms with Crippen molar-refractivity contribution in [3.8, 4) is 0 Å². The van der Waals surface area contributed by atoms with Crippen LogP contribution in [0.1, 0.15) is 45.4 Å². The van der Waals surface area contributed by atoms with E-state index in [9.17, 15) is 30.3 Å². The summed E-state index contributed by atoms with van der Waals surface area (Å²) in [5, 5.41) is 63.7. The van der Waals surface area contributed by atoms with Crippen molar-refractivity contribution in [2.75, 3.05) is 39.4 Å². The summed E-state index contributed by atoms with van der Waals surface area (Å²) in [5.41, 5.74) is 0. The predicted molar refractivity (Wildman–Crippen MR) is 134 cm³/mol. The fourth-order valence-electron chi connectivity index (χ4n) is 4.61. The van der Waals surface area contributed by atoms with Crippen LogP contribution in [0.3, 0.4) is 0 Å². The van der Waals surface area contributed by atoms with Crippen LogP contribution >= 0.6 is 0 Å². The van der Waals surface area contributed by atoms with E-state index in [1.165, 1.54) is 12.4 Å². The number of hydrazone groups is 2. The summed E-state index contributed by atoms with van der Waals surface area (Å²) in [6.45, 7) is 2.91. The van der Waals surface area contributed by atoms with Gasteiger partial charge < -0.3 is 44.5 Å². The average molecular weight is 547 g/mol. The molecule has 14 nitrogen and oxygen atoms in total. The van der Waals surface area contributed by atoms with E-state index in [1.807, 2.05) is 10.0 Å². The van der Waals surface area contributed by atoms with Crippen molar-refractivity contribution in [3.63, 3.8) is 0 Å². The summed E-state index contributed by atoms with van der Waals surface area (Å²) in [7, 11) is 0. The number of nitrogens with zero attached hydrogens (tertiary/aromatic N) is 4. The van der Waals surface area contributed by atoms with Crippen molar-refractivity contribution >= 4 is 18.4 Å². The number of hydrogen-bond donors (Lipinski definition) is 5. The molecule has 0 saturated carbocycles. The third kappa shape index (κ3) is 9.09. The molecule has 3 rings (SSSR count). The predicted octanol–water partition coefficient (Wildman–Crippen LogP) is -1.62. The Morgan fingerprint density at radius 3 is 2.08 bits per heavy atom. The summed E-state index contributed by atoms with van der Waals surface area (Å²) < 4.78 is 22.1. The maximum Gasteiger partial charge on any atom is 0.303 e. The molecule has 14 heteroatoms. The van der Waals surface area contributed by atoms with Crippen molar-refractivity contribution in [1.82, 2.24) is 10.0 Å². The molecule has 218 valence electrons. The molecule has 0 aromatic rings. The largest absolute Gasteiger partial charge is 0.457 e. The summed E-state index contributed by atoms with van der Waals surface area (Å²) in [5.74, 6) is -0.749. The van der Waals surface area contributed by atoms with Crippen LogP contribution in [-0.2, 0) is 23.7 Å². The third-order valence-corrected chi connectivity index (χ3v) is 6.68. The fourth-order valence-corrected chi connectivity index (χ4v) is 4.61. The zero-order chi connectivity index (χ0) is 27.5. The van der Waals surface area contributed by atoms with Crippen molar-refractivity contribution in [2.45, 2.75) is 94.7 Å². The van der Waals surface area contributed by atoms with E-state index < -0.39 is 68.4 Å². The second kappa shape index (κ2) is 15.6. The first-order chi connectivity index (χ1) is 18.3. The topological polar surface area (TPSA) is 186 Å². The van der Waals surface area contributed by atoms with Crippen molar-refractivity contribution in [1.29, 1.82) is 0 Å². The molecule has 0 aromatic carbocycles. The molecule has 3 fully saturated rings. The molecule has 0 bridgehead atoms. The molecule has 0 aliphatic carbocycles. The van der Waals surface area contributed by atoms with Gasteiger partial charge in [-0.2, -0.15) is 10.2 Å². The molecule has 38 heavy (non-hydrogen) atoms. The smallest absolute Gasteiger partial charge is 0.303 e. The zero-order valence-corrected chi connectivity index (χ0v) is 21.8. The van der Waals surface area contributed by atoms with E-state index >= 15 is 0 Å². The van der Waals surface area contributed by atoms with Crippen molar-refractivity contribution in [3.05, 3.63) is 0 Å². The maximum atomic E-state index is 11.5. The highest BCUT2D eigenvalue weighted by molar-refractivity contribution is 5.66. The third-order valence-electron chi connectivity index (χ3n) is 6.68. The highest BCUT2D eigenvalue weighted by Crippen LogP contribution is 2.26. The van der Waals surface area contributed by atoms with Gasteiger partial charge in [0.25, 0.3) is 0 Å². The molecule has 3 aliphatic rings. The van der Waals surface area contributed by atoms with Crippen LogP contribution < -0.4 is 0 Å². The Morgan fingerprint density at radius 2 is 1.55 bits per heavy atom. The van der Waals surface area contributed by atoms with Gasteiger partial charge in [-0.1, -0.05) is 0 Å². The molecule has 0 unspecified atom stereocenters. The van der Waals surface area contributed by atoms with Crippen molar-refractivity contribution in [2.24, 2.45) is 10.2 Å². The summed E-state index contributed by atoms with van der Waals surface area (Å²) >= 11 is 0. The number of aliphatic hydroxyl groups is 5. The van der Waals surface area contributed by atoms with E-state index in [-0.39, 0.29) is 0 Å². The van der Waals surface area contributed by atoms with E-state index in [0.29, 0.717) is 0 Å². The highest BCUT2D eigenvalue weighted by atomic mass is 16.7. The van der Waals surface area contributed by atoms with Crippen LogP contribution in [0, 0.1) is 0 Å². The summed E-state index contributed by atoms with van der Waals surface area (Å²) in [6, 6.07) is 0. The van der Waals surface area contributed by atoms with Gasteiger partial charge in [-0.15, -0.1) is 0 Å². The number of aliphatic hydroxyl groups excluding tert-OH is 5. The summed E-state index contributed by atoms with van der Waals surface area (Å²) in [4.78, 5) is 11.5. The van der Waals surface area contributed by atoms with Crippen LogP contribution in [0.4, 0.5) is 0 Å². The quantitative estimate of drug-likeness (QED) is 0.107. The standard InChI is InChI=1S/C24H42N4O10/c1-16(31)35-23-21(33)19(15-30)38-24(22(23)34)37-17(12-25-27-8-4-2-5-9-27)18(14-29)36-20(32)13-26-28-10-6-3-7-11-28/h12-13,17-24,29-30,32-34H,2-11,14-15H2,1H3/b25-12+,26-13-/t17-,18+,19-,20-,21+,22+,23+,24-/m0/s1. The minimum absolute atomic E-state index is 0.590. The second-order valence-corrected chi connectivity index (χ2v) is 9.69. The van der Waals surface area contributed by atoms with Gasteiger partial charge in [0.15, 0.2) is 18.7 Å². The maximum absolute atomic E-state index is 11.5. The lowest BCUT2D eigenvalue weighted by Gasteiger charge is -2.42. The molecular weight excluding hydrogens is 504 g/mol. The first-order valence-corrected chi connectivity index (χ1v) is 13.3. The Bertz CT molecular complexity index is 762. The number of esters is 1. The number of piperidine rings is 2. The van der Waals surface area contributed by atoms with Gasteiger partial charge in [0.2, 0.25) is 0 Å². The van der Waals surface area contributed by atoms with Gasteiger partial charge in [-0.3, -0.25) is 14.8 Å². The Morgan fingerprint density at radius 1 is 0.974 bits per heavy atom. The lowest BCUT2D eigenvalue weighted by Crippen LogP contribution is -2.61. The molecule has 5 N–H and O–H groups in total. The van der Waals surface area contributed by atoms with Gasteiger partial charge in [0.05, 0.1) is 25.6 Å². The zero-order valence-electron chi connectivity index (χ0n) is 21.8.